The topological polar surface area (TPSA) is 24.7 Å². The minimum atomic E-state index is -0.560. The van der Waals surface area contributed by atoms with Crippen LogP contribution in [0.15, 0.2) is 58.8 Å². The zero-order chi connectivity index (χ0) is 27.6. The normalized spacial score (nSPS) is 14.7. The lowest BCUT2D eigenvalue weighted by Gasteiger charge is -2.25. The van der Waals surface area contributed by atoms with Gasteiger partial charge in [0.2, 0.25) is 0 Å². The predicted octanol–water partition coefficient (Wildman–Crippen LogP) is 10.4. The fourth-order valence-electron chi connectivity index (χ4n) is 5.39. The second kappa shape index (κ2) is 14.2. The molecule has 0 saturated carbocycles. The summed E-state index contributed by atoms with van der Waals surface area (Å²) in [4.78, 5) is 0. The second-order valence-corrected chi connectivity index (χ2v) is 10.7. The van der Waals surface area contributed by atoms with Crippen LogP contribution in [0.1, 0.15) is 99.1 Å². The minimum absolute atomic E-state index is 0.121. The molecule has 39 heavy (non-hydrogen) atoms. The van der Waals surface area contributed by atoms with Gasteiger partial charge < -0.3 is 0 Å². The molecule has 0 aromatic heterocycles. The number of benzene rings is 3. The third-order valence-electron chi connectivity index (χ3n) is 7.77. The van der Waals surface area contributed by atoms with Crippen molar-refractivity contribution in [2.75, 3.05) is 0 Å². The summed E-state index contributed by atoms with van der Waals surface area (Å²) >= 11 is 0. The van der Waals surface area contributed by atoms with Crippen LogP contribution in [0.3, 0.4) is 0 Å². The number of aryl methyl sites for hydroxylation is 2. The van der Waals surface area contributed by atoms with Crippen LogP contribution in [0.25, 0.3) is 0 Å². The van der Waals surface area contributed by atoms with E-state index in [0.29, 0.717) is 17.9 Å². The standard InChI is InChI=1S/C35H40F2N2/c1-4-7-9-11-25-12-17-30(18-13-25)38-39-31-19-15-28(27(6-3)23-31)16-21-33-34(36)24-29-22-26(10-8-5-2)14-20-32(29)35(33)37/h12-13,15,17-19,23-24,26H,4-11,14,20,22H2,1-3H3. The van der Waals surface area contributed by atoms with Crippen LogP contribution in [0.4, 0.5) is 20.2 Å². The quantitative estimate of drug-likeness (QED) is 0.143. The Morgan fingerprint density at radius 2 is 1.59 bits per heavy atom. The smallest absolute Gasteiger partial charge is 0.145 e. The van der Waals surface area contributed by atoms with E-state index in [1.807, 2.05) is 37.3 Å². The Bertz CT molecular complexity index is 1350. The molecular weight excluding hydrogens is 486 g/mol. The van der Waals surface area contributed by atoms with E-state index in [0.717, 1.165) is 66.6 Å². The summed E-state index contributed by atoms with van der Waals surface area (Å²) in [5.41, 5.74) is 5.93. The highest BCUT2D eigenvalue weighted by Gasteiger charge is 2.24. The molecule has 3 aromatic rings. The minimum Gasteiger partial charge on any atom is -0.206 e. The molecule has 2 nitrogen and oxygen atoms in total. The average Bonchev–Trinajstić information content (AvgIpc) is 2.95. The summed E-state index contributed by atoms with van der Waals surface area (Å²) in [6.07, 6.45) is 11.3. The van der Waals surface area contributed by atoms with E-state index >= 15 is 4.39 Å². The number of hydrogen-bond acceptors (Lipinski definition) is 2. The van der Waals surface area contributed by atoms with Gasteiger partial charge in [-0.1, -0.05) is 76.8 Å². The molecule has 204 valence electrons. The molecule has 4 heteroatoms. The zero-order valence-corrected chi connectivity index (χ0v) is 23.6. The molecule has 0 N–H and O–H groups in total. The molecule has 0 amide bonds. The van der Waals surface area contributed by atoms with Crippen molar-refractivity contribution in [2.24, 2.45) is 16.1 Å². The molecule has 0 fully saturated rings. The van der Waals surface area contributed by atoms with Gasteiger partial charge in [-0.15, -0.1) is 0 Å². The number of rotatable bonds is 10. The van der Waals surface area contributed by atoms with Crippen molar-refractivity contribution in [3.8, 4) is 11.8 Å². The van der Waals surface area contributed by atoms with Crippen molar-refractivity contribution in [2.45, 2.75) is 91.4 Å². The fraction of sp³-hybridized carbons (Fsp3) is 0.429. The van der Waals surface area contributed by atoms with Gasteiger partial charge in [-0.2, -0.15) is 10.2 Å². The number of nitrogens with zero attached hydrogens (tertiary/aromatic N) is 2. The van der Waals surface area contributed by atoms with Crippen LogP contribution in [-0.2, 0) is 25.7 Å². The lowest BCUT2D eigenvalue weighted by atomic mass is 9.80. The Kier molecular flexibility index (Phi) is 10.4. The van der Waals surface area contributed by atoms with Gasteiger partial charge in [-0.3, -0.25) is 0 Å². The van der Waals surface area contributed by atoms with E-state index in [-0.39, 0.29) is 5.56 Å². The number of hydrogen-bond donors (Lipinski definition) is 0. The molecule has 0 heterocycles. The van der Waals surface area contributed by atoms with Gasteiger partial charge >= 0.3 is 0 Å². The first-order valence-electron chi connectivity index (χ1n) is 14.7. The summed E-state index contributed by atoms with van der Waals surface area (Å²) < 4.78 is 30.3. The van der Waals surface area contributed by atoms with Crippen molar-refractivity contribution in [1.29, 1.82) is 0 Å². The van der Waals surface area contributed by atoms with Crippen LogP contribution < -0.4 is 0 Å². The number of halogens is 2. The molecule has 3 aromatic carbocycles. The third kappa shape index (κ3) is 7.63. The molecule has 1 aliphatic carbocycles. The molecule has 4 rings (SSSR count). The highest BCUT2D eigenvalue weighted by Crippen LogP contribution is 2.33. The molecule has 1 unspecified atom stereocenters. The Labute approximate surface area is 233 Å². The van der Waals surface area contributed by atoms with E-state index in [1.165, 1.54) is 37.3 Å². The Morgan fingerprint density at radius 1 is 0.846 bits per heavy atom. The molecule has 0 bridgehead atoms. The lowest BCUT2D eigenvalue weighted by molar-refractivity contribution is 0.402. The summed E-state index contributed by atoms with van der Waals surface area (Å²) in [6.45, 7) is 6.43. The van der Waals surface area contributed by atoms with Gasteiger partial charge in [0.15, 0.2) is 0 Å². The molecule has 0 radical (unpaired) electrons. The van der Waals surface area contributed by atoms with Crippen LogP contribution in [0.2, 0.25) is 0 Å². The summed E-state index contributed by atoms with van der Waals surface area (Å²) in [5.74, 6) is 5.32. The van der Waals surface area contributed by atoms with Gasteiger partial charge in [0.25, 0.3) is 0 Å². The molecule has 1 aliphatic rings. The highest BCUT2D eigenvalue weighted by molar-refractivity contribution is 5.54. The average molecular weight is 527 g/mol. The van der Waals surface area contributed by atoms with Crippen LogP contribution in [0, 0.1) is 29.4 Å². The van der Waals surface area contributed by atoms with Crippen LogP contribution in [0.5, 0.6) is 0 Å². The molecule has 0 saturated heterocycles. The molecule has 0 aliphatic heterocycles. The number of azo groups is 1. The van der Waals surface area contributed by atoms with Crippen molar-refractivity contribution in [1.82, 2.24) is 0 Å². The maximum absolute atomic E-state index is 15.3. The van der Waals surface area contributed by atoms with Gasteiger partial charge in [0.05, 0.1) is 16.9 Å². The number of unbranched alkanes of at least 4 members (excludes halogenated alkanes) is 3. The predicted molar refractivity (Wildman–Crippen MR) is 157 cm³/mol. The largest absolute Gasteiger partial charge is 0.206 e. The van der Waals surface area contributed by atoms with Crippen molar-refractivity contribution in [3.05, 3.63) is 93.5 Å². The Hall–Kier alpha value is -3.32. The van der Waals surface area contributed by atoms with Gasteiger partial charge in [-0.05, 0) is 103 Å². The van der Waals surface area contributed by atoms with Crippen LogP contribution in [-0.4, -0.2) is 0 Å². The van der Waals surface area contributed by atoms with E-state index in [2.05, 4.69) is 48.0 Å². The first-order valence-corrected chi connectivity index (χ1v) is 14.7. The van der Waals surface area contributed by atoms with E-state index < -0.39 is 11.6 Å². The maximum atomic E-state index is 15.3. The fourth-order valence-corrected chi connectivity index (χ4v) is 5.39. The van der Waals surface area contributed by atoms with Gasteiger partial charge in [0.1, 0.15) is 11.6 Å². The summed E-state index contributed by atoms with van der Waals surface area (Å²) in [7, 11) is 0. The van der Waals surface area contributed by atoms with Crippen LogP contribution >= 0.6 is 0 Å². The molecule has 1 atom stereocenters. The second-order valence-electron chi connectivity index (χ2n) is 10.7. The molecule has 0 spiro atoms. The van der Waals surface area contributed by atoms with Gasteiger partial charge in [0, 0.05) is 5.56 Å². The highest BCUT2D eigenvalue weighted by atomic mass is 19.1. The van der Waals surface area contributed by atoms with Crippen molar-refractivity contribution >= 4 is 11.4 Å². The maximum Gasteiger partial charge on any atom is 0.145 e. The number of fused-ring (bicyclic) bond motifs is 1. The zero-order valence-electron chi connectivity index (χ0n) is 23.6. The van der Waals surface area contributed by atoms with E-state index in [4.69, 9.17) is 0 Å². The van der Waals surface area contributed by atoms with E-state index in [9.17, 15) is 4.39 Å². The van der Waals surface area contributed by atoms with E-state index in [1.54, 1.807) is 0 Å². The lowest BCUT2D eigenvalue weighted by Crippen LogP contribution is -2.17. The van der Waals surface area contributed by atoms with Gasteiger partial charge in [-0.25, -0.2) is 8.78 Å². The van der Waals surface area contributed by atoms with Crippen molar-refractivity contribution < 1.29 is 8.78 Å². The Morgan fingerprint density at radius 3 is 2.33 bits per heavy atom. The van der Waals surface area contributed by atoms with Crippen molar-refractivity contribution in [3.63, 3.8) is 0 Å². The SMILES string of the molecule is CCCCCc1ccc(N=Nc2ccc(C#Cc3c(F)cc4c(c3F)CCC(CCCC)C4)c(CC)c2)cc1. The molecular formula is C35H40F2N2. The first-order chi connectivity index (χ1) is 19.0. The Balaban J connectivity index is 1.48. The summed E-state index contributed by atoms with van der Waals surface area (Å²) in [6, 6.07) is 15.4. The summed E-state index contributed by atoms with van der Waals surface area (Å²) in [5, 5.41) is 8.80. The monoisotopic (exact) mass is 526 g/mol. The first kappa shape index (κ1) is 28.7. The third-order valence-corrected chi connectivity index (χ3v) is 7.77.